The molecule has 0 bridgehead atoms. The van der Waals surface area contributed by atoms with Gasteiger partial charge in [-0.2, -0.15) is 5.10 Å². The highest BCUT2D eigenvalue weighted by Crippen LogP contribution is 2.20. The van der Waals surface area contributed by atoms with Gasteiger partial charge in [0.05, 0.1) is 19.3 Å². The Hall–Kier alpha value is -1.15. The van der Waals surface area contributed by atoms with Crippen molar-refractivity contribution < 1.29 is 9.53 Å². The molecule has 8 heteroatoms. The minimum Gasteiger partial charge on any atom is -0.379 e. The predicted octanol–water partition coefficient (Wildman–Crippen LogP) is 2.10. The van der Waals surface area contributed by atoms with E-state index in [1.54, 1.807) is 0 Å². The molecular formula is C20H36ClN5O2. The van der Waals surface area contributed by atoms with Crippen LogP contribution in [0.5, 0.6) is 0 Å². The standard InChI is InChI=1S/C20H35N5O2.ClH/c1-3-16(4-2)19(24-10-12-27-13-11-24)15-22-20(26)18-7-9-25(23-18)17-6-5-8-21-14-17;/h7,9,16-17,19,21H,3-6,8,10-15H2,1-2H3,(H,22,26);1H. The molecule has 0 spiro atoms. The van der Waals surface area contributed by atoms with Crippen LogP contribution >= 0.6 is 12.4 Å². The second kappa shape index (κ2) is 11.8. The molecule has 2 saturated heterocycles. The topological polar surface area (TPSA) is 71.4 Å². The molecule has 1 amide bonds. The van der Waals surface area contributed by atoms with Crippen LogP contribution in [0, 0.1) is 5.92 Å². The number of nitrogens with one attached hydrogen (secondary N) is 2. The number of amides is 1. The van der Waals surface area contributed by atoms with Gasteiger partial charge in [0.1, 0.15) is 5.69 Å². The molecule has 0 saturated carbocycles. The first-order valence-electron chi connectivity index (χ1n) is 10.6. The maximum atomic E-state index is 12.7. The van der Waals surface area contributed by atoms with Crippen LogP contribution < -0.4 is 10.6 Å². The van der Waals surface area contributed by atoms with Crippen molar-refractivity contribution in [1.82, 2.24) is 25.3 Å². The van der Waals surface area contributed by atoms with E-state index in [1.807, 2.05) is 16.9 Å². The van der Waals surface area contributed by atoms with E-state index >= 15 is 0 Å². The minimum absolute atomic E-state index is 0. The Kier molecular flexibility index (Phi) is 9.71. The van der Waals surface area contributed by atoms with Crippen molar-refractivity contribution in [1.29, 1.82) is 0 Å². The van der Waals surface area contributed by atoms with Crippen molar-refractivity contribution >= 4 is 18.3 Å². The number of ether oxygens (including phenoxy) is 1. The van der Waals surface area contributed by atoms with Crippen molar-refractivity contribution in [3.63, 3.8) is 0 Å². The van der Waals surface area contributed by atoms with E-state index in [0.717, 1.165) is 65.1 Å². The Labute approximate surface area is 175 Å². The van der Waals surface area contributed by atoms with Gasteiger partial charge in [0, 0.05) is 38.4 Å². The lowest BCUT2D eigenvalue weighted by Crippen LogP contribution is -2.52. The van der Waals surface area contributed by atoms with Crippen LogP contribution in [0.4, 0.5) is 0 Å². The molecule has 2 aliphatic rings. The lowest BCUT2D eigenvalue weighted by molar-refractivity contribution is 0.00190. The molecule has 1 aromatic heterocycles. The molecule has 2 aliphatic heterocycles. The summed E-state index contributed by atoms with van der Waals surface area (Å²) in [5.41, 5.74) is 0.519. The zero-order valence-corrected chi connectivity index (χ0v) is 18.0. The Bertz CT molecular complexity index is 581. The Morgan fingerprint density at radius 1 is 1.36 bits per heavy atom. The van der Waals surface area contributed by atoms with Crippen molar-refractivity contribution in [2.45, 2.75) is 51.6 Å². The predicted molar refractivity (Wildman–Crippen MR) is 113 cm³/mol. The highest BCUT2D eigenvalue weighted by molar-refractivity contribution is 5.92. The van der Waals surface area contributed by atoms with Crippen LogP contribution in [-0.4, -0.2) is 72.6 Å². The van der Waals surface area contributed by atoms with Crippen molar-refractivity contribution in [2.24, 2.45) is 5.92 Å². The molecule has 160 valence electrons. The first-order chi connectivity index (χ1) is 13.2. The molecule has 28 heavy (non-hydrogen) atoms. The third-order valence-electron chi connectivity index (χ3n) is 6.07. The number of aromatic nitrogens is 2. The second-order valence-corrected chi connectivity index (χ2v) is 7.68. The summed E-state index contributed by atoms with van der Waals surface area (Å²) in [4.78, 5) is 15.2. The smallest absolute Gasteiger partial charge is 0.271 e. The molecule has 3 heterocycles. The Balaban J connectivity index is 0.00000280. The zero-order valence-electron chi connectivity index (χ0n) is 17.2. The number of halogens is 1. The average molecular weight is 414 g/mol. The fourth-order valence-corrected chi connectivity index (χ4v) is 4.35. The van der Waals surface area contributed by atoms with E-state index < -0.39 is 0 Å². The van der Waals surface area contributed by atoms with E-state index in [9.17, 15) is 4.79 Å². The fourth-order valence-electron chi connectivity index (χ4n) is 4.35. The molecule has 7 nitrogen and oxygen atoms in total. The fraction of sp³-hybridized carbons (Fsp3) is 0.800. The summed E-state index contributed by atoms with van der Waals surface area (Å²) >= 11 is 0. The molecule has 0 aromatic carbocycles. The lowest BCUT2D eigenvalue weighted by Gasteiger charge is -2.38. The Morgan fingerprint density at radius 2 is 2.11 bits per heavy atom. The van der Waals surface area contributed by atoms with E-state index in [2.05, 4.69) is 34.5 Å². The normalized spacial score (nSPS) is 21.9. The number of hydrogen-bond acceptors (Lipinski definition) is 5. The summed E-state index contributed by atoms with van der Waals surface area (Å²) in [5.74, 6) is 0.510. The number of carbonyl (C=O) groups is 1. The Morgan fingerprint density at radius 3 is 2.75 bits per heavy atom. The van der Waals surface area contributed by atoms with Gasteiger partial charge in [-0.3, -0.25) is 14.4 Å². The van der Waals surface area contributed by atoms with Crippen LogP contribution in [0.15, 0.2) is 12.3 Å². The highest BCUT2D eigenvalue weighted by atomic mass is 35.5. The van der Waals surface area contributed by atoms with Gasteiger partial charge in [0.15, 0.2) is 0 Å². The summed E-state index contributed by atoms with van der Waals surface area (Å²) < 4.78 is 7.45. The van der Waals surface area contributed by atoms with Gasteiger partial charge in [-0.15, -0.1) is 12.4 Å². The lowest BCUT2D eigenvalue weighted by atomic mass is 9.92. The number of carbonyl (C=O) groups excluding carboxylic acids is 1. The monoisotopic (exact) mass is 413 g/mol. The summed E-state index contributed by atoms with van der Waals surface area (Å²) in [5, 5.41) is 11.1. The van der Waals surface area contributed by atoms with Gasteiger partial charge in [-0.1, -0.05) is 26.7 Å². The summed E-state index contributed by atoms with van der Waals surface area (Å²) in [7, 11) is 0. The van der Waals surface area contributed by atoms with Gasteiger partial charge in [0.2, 0.25) is 0 Å². The molecular weight excluding hydrogens is 378 g/mol. The molecule has 1 aromatic rings. The minimum atomic E-state index is -0.0678. The summed E-state index contributed by atoms with van der Waals surface area (Å²) in [6.07, 6.45) is 6.45. The molecule has 0 aliphatic carbocycles. The molecule has 2 unspecified atom stereocenters. The second-order valence-electron chi connectivity index (χ2n) is 7.68. The number of hydrogen-bond donors (Lipinski definition) is 2. The van der Waals surface area contributed by atoms with Crippen LogP contribution in [-0.2, 0) is 4.74 Å². The van der Waals surface area contributed by atoms with Crippen LogP contribution in [0.25, 0.3) is 0 Å². The average Bonchev–Trinajstić information content (AvgIpc) is 3.22. The van der Waals surface area contributed by atoms with Crippen molar-refractivity contribution in [2.75, 3.05) is 45.9 Å². The summed E-state index contributed by atoms with van der Waals surface area (Å²) in [6, 6.07) is 2.55. The largest absolute Gasteiger partial charge is 0.379 e. The third-order valence-corrected chi connectivity index (χ3v) is 6.07. The molecule has 0 radical (unpaired) electrons. The third kappa shape index (κ3) is 5.92. The van der Waals surface area contributed by atoms with E-state index in [-0.39, 0.29) is 18.3 Å². The first-order valence-corrected chi connectivity index (χ1v) is 10.6. The molecule has 3 rings (SSSR count). The first kappa shape index (κ1) is 23.1. The molecule has 2 atom stereocenters. The van der Waals surface area contributed by atoms with Gasteiger partial charge >= 0.3 is 0 Å². The van der Waals surface area contributed by atoms with E-state index in [1.165, 1.54) is 0 Å². The molecule has 2 N–H and O–H groups in total. The maximum absolute atomic E-state index is 12.7. The number of morpholine rings is 1. The van der Waals surface area contributed by atoms with E-state index in [0.29, 0.717) is 30.2 Å². The number of piperidine rings is 1. The van der Waals surface area contributed by atoms with Crippen molar-refractivity contribution in [3.05, 3.63) is 18.0 Å². The van der Waals surface area contributed by atoms with Gasteiger partial charge in [0.25, 0.3) is 5.91 Å². The van der Waals surface area contributed by atoms with Crippen LogP contribution in [0.1, 0.15) is 56.1 Å². The molecule has 2 fully saturated rings. The maximum Gasteiger partial charge on any atom is 0.271 e. The SMILES string of the molecule is CCC(CC)C(CNC(=O)c1ccn(C2CCCNC2)n1)N1CCOCC1.Cl. The van der Waals surface area contributed by atoms with Gasteiger partial charge < -0.3 is 15.4 Å². The van der Waals surface area contributed by atoms with Gasteiger partial charge in [-0.25, -0.2) is 0 Å². The number of nitrogens with zero attached hydrogens (tertiary/aromatic N) is 3. The quantitative estimate of drug-likeness (QED) is 0.682. The highest BCUT2D eigenvalue weighted by Gasteiger charge is 2.27. The van der Waals surface area contributed by atoms with Crippen LogP contribution in [0.2, 0.25) is 0 Å². The summed E-state index contributed by atoms with van der Waals surface area (Å²) in [6.45, 7) is 10.6. The zero-order chi connectivity index (χ0) is 19.1. The van der Waals surface area contributed by atoms with Gasteiger partial charge in [-0.05, 0) is 31.4 Å². The van der Waals surface area contributed by atoms with Crippen molar-refractivity contribution in [3.8, 4) is 0 Å². The number of rotatable bonds is 8. The van der Waals surface area contributed by atoms with E-state index in [4.69, 9.17) is 4.74 Å². The van der Waals surface area contributed by atoms with Crippen LogP contribution in [0.3, 0.4) is 0 Å².